The molecule has 0 radical (unpaired) electrons. The summed E-state index contributed by atoms with van der Waals surface area (Å²) in [6.07, 6.45) is 0. The van der Waals surface area contributed by atoms with Gasteiger partial charge in [0, 0.05) is 15.1 Å². The fourth-order valence-electron chi connectivity index (χ4n) is 3.99. The number of benzene rings is 3. The molecule has 32 heavy (non-hydrogen) atoms. The van der Waals surface area contributed by atoms with Crippen LogP contribution in [0.3, 0.4) is 0 Å². The third kappa shape index (κ3) is 3.34. The van der Waals surface area contributed by atoms with Crippen LogP contribution in [0.4, 0.5) is 11.4 Å². The van der Waals surface area contributed by atoms with Gasteiger partial charge in [-0.2, -0.15) is 5.10 Å². The summed E-state index contributed by atoms with van der Waals surface area (Å²) in [6, 6.07) is 21.4. The molecule has 2 heterocycles. The molecule has 2 atom stereocenters. The number of halogens is 2. The van der Waals surface area contributed by atoms with E-state index < -0.39 is 29.6 Å². The maximum atomic E-state index is 13.5. The van der Waals surface area contributed by atoms with Gasteiger partial charge in [-0.25, -0.2) is 4.90 Å². The lowest BCUT2D eigenvalue weighted by Crippen LogP contribution is -2.39. The van der Waals surface area contributed by atoms with Crippen molar-refractivity contribution >= 4 is 62.2 Å². The first kappa shape index (κ1) is 20.6. The molecule has 2 aliphatic heterocycles. The number of anilines is 2. The Labute approximate surface area is 197 Å². The normalized spacial score (nSPS) is 19.9. The van der Waals surface area contributed by atoms with Crippen molar-refractivity contribution in [3.8, 4) is 0 Å². The molecule has 5 rings (SSSR count). The van der Waals surface area contributed by atoms with Crippen molar-refractivity contribution in [1.29, 1.82) is 0 Å². The summed E-state index contributed by atoms with van der Waals surface area (Å²) in [5.74, 6) is -2.31. The van der Waals surface area contributed by atoms with Crippen LogP contribution in [0.15, 0.2) is 88.4 Å². The first-order chi connectivity index (χ1) is 15.5. The first-order valence-corrected chi connectivity index (χ1v) is 11.0. The number of hydrogen-bond acceptors (Lipinski definition) is 5. The molecule has 1 fully saturated rings. The molecule has 2 aliphatic rings. The largest absolute Gasteiger partial charge is 0.287 e. The molecule has 0 aliphatic carbocycles. The Morgan fingerprint density at radius 1 is 0.844 bits per heavy atom. The van der Waals surface area contributed by atoms with Gasteiger partial charge in [-0.15, -0.1) is 0 Å². The minimum atomic E-state index is -1.01. The summed E-state index contributed by atoms with van der Waals surface area (Å²) in [5.41, 5.74) is 1.47. The van der Waals surface area contributed by atoms with Crippen molar-refractivity contribution in [2.75, 3.05) is 9.91 Å². The number of hydrazone groups is 1. The number of Topliss-reactive ketones (excluding diaryl/α,β-unsaturated/α-hetero) is 1. The molecular formula is C24H15BrClN3O3. The molecule has 0 spiro atoms. The van der Waals surface area contributed by atoms with Gasteiger partial charge >= 0.3 is 0 Å². The van der Waals surface area contributed by atoms with Crippen molar-refractivity contribution in [3.63, 3.8) is 0 Å². The molecule has 0 bridgehead atoms. The summed E-state index contributed by atoms with van der Waals surface area (Å²) < 4.78 is 0.826. The quantitative estimate of drug-likeness (QED) is 0.378. The van der Waals surface area contributed by atoms with Gasteiger partial charge in [-0.1, -0.05) is 45.7 Å². The first-order valence-electron chi connectivity index (χ1n) is 9.82. The Morgan fingerprint density at radius 2 is 1.50 bits per heavy atom. The van der Waals surface area contributed by atoms with Gasteiger partial charge in [0.05, 0.1) is 11.4 Å². The van der Waals surface area contributed by atoms with Gasteiger partial charge in [0.15, 0.2) is 0 Å². The van der Waals surface area contributed by atoms with Gasteiger partial charge in [-0.05, 0) is 60.7 Å². The highest BCUT2D eigenvalue weighted by Crippen LogP contribution is 2.38. The summed E-state index contributed by atoms with van der Waals surface area (Å²) in [7, 11) is 0. The van der Waals surface area contributed by atoms with Crippen LogP contribution in [-0.4, -0.2) is 29.4 Å². The van der Waals surface area contributed by atoms with E-state index in [2.05, 4.69) is 21.0 Å². The second kappa shape index (κ2) is 8.00. The average Bonchev–Trinajstić information content (AvgIpc) is 3.32. The second-order valence-electron chi connectivity index (χ2n) is 7.41. The average molecular weight is 509 g/mol. The predicted molar refractivity (Wildman–Crippen MR) is 126 cm³/mol. The lowest BCUT2D eigenvalue weighted by Gasteiger charge is -2.22. The maximum absolute atomic E-state index is 13.5. The summed E-state index contributed by atoms with van der Waals surface area (Å²) in [6.45, 7) is 0. The highest BCUT2D eigenvalue weighted by Gasteiger charge is 2.58. The molecule has 3 aromatic carbocycles. The Hall–Kier alpha value is -3.29. The highest BCUT2D eigenvalue weighted by molar-refractivity contribution is 9.10. The zero-order valence-electron chi connectivity index (χ0n) is 16.5. The standard InChI is InChI=1S/C24H15BrClN3O3/c25-15-8-12-17(13-9-15)28-23(31)19-20(22(30)14-6-10-16(26)11-7-14)27-29(21(19)24(28)32)18-4-2-1-3-5-18/h1-13,19,21H/t19-,21-/m0/s1. The fourth-order valence-corrected chi connectivity index (χ4v) is 4.38. The van der Waals surface area contributed by atoms with Gasteiger partial charge in [0.1, 0.15) is 17.7 Å². The van der Waals surface area contributed by atoms with E-state index in [1.54, 1.807) is 60.7 Å². The Morgan fingerprint density at radius 3 is 2.16 bits per heavy atom. The van der Waals surface area contributed by atoms with Crippen LogP contribution < -0.4 is 9.91 Å². The van der Waals surface area contributed by atoms with E-state index in [4.69, 9.17) is 11.6 Å². The minimum Gasteiger partial charge on any atom is -0.287 e. The van der Waals surface area contributed by atoms with Gasteiger partial charge in [-0.3, -0.25) is 19.4 Å². The molecular weight excluding hydrogens is 494 g/mol. The van der Waals surface area contributed by atoms with Crippen molar-refractivity contribution in [1.82, 2.24) is 0 Å². The van der Waals surface area contributed by atoms with Crippen LogP contribution in [0.2, 0.25) is 5.02 Å². The number of hydrogen-bond donors (Lipinski definition) is 0. The van der Waals surface area contributed by atoms with Gasteiger partial charge in [0.2, 0.25) is 11.7 Å². The maximum Gasteiger partial charge on any atom is 0.259 e. The van der Waals surface area contributed by atoms with E-state index in [1.165, 1.54) is 5.01 Å². The highest BCUT2D eigenvalue weighted by atomic mass is 79.9. The zero-order chi connectivity index (χ0) is 22.4. The van der Waals surface area contributed by atoms with E-state index in [0.717, 1.165) is 9.37 Å². The number of amides is 2. The second-order valence-corrected chi connectivity index (χ2v) is 8.76. The summed E-state index contributed by atoms with van der Waals surface area (Å²) in [5, 5.41) is 6.45. The van der Waals surface area contributed by atoms with Gasteiger partial charge in [0.25, 0.3) is 5.91 Å². The third-order valence-electron chi connectivity index (χ3n) is 5.49. The van der Waals surface area contributed by atoms with Crippen molar-refractivity contribution in [2.45, 2.75) is 6.04 Å². The predicted octanol–water partition coefficient (Wildman–Crippen LogP) is 4.72. The molecule has 0 N–H and O–H groups in total. The smallest absolute Gasteiger partial charge is 0.259 e. The number of imide groups is 1. The SMILES string of the molecule is O=C(C1=NN(c2ccccc2)[C@@H]2C(=O)N(c3ccc(Br)cc3)C(=O)[C@@H]12)c1ccc(Cl)cc1. The number of nitrogens with zero attached hydrogens (tertiary/aromatic N) is 3. The minimum absolute atomic E-state index is 0.0409. The van der Waals surface area contributed by atoms with E-state index in [-0.39, 0.29) is 5.71 Å². The number of carbonyl (C=O) groups is 3. The number of carbonyl (C=O) groups excluding carboxylic acids is 3. The van der Waals surface area contributed by atoms with Crippen LogP contribution in [0.5, 0.6) is 0 Å². The molecule has 2 amide bonds. The van der Waals surface area contributed by atoms with Crippen LogP contribution in [0, 0.1) is 5.92 Å². The Balaban J connectivity index is 1.60. The topological polar surface area (TPSA) is 70.1 Å². The van der Waals surface area contributed by atoms with E-state index in [9.17, 15) is 14.4 Å². The van der Waals surface area contributed by atoms with Crippen LogP contribution >= 0.6 is 27.5 Å². The van der Waals surface area contributed by atoms with E-state index >= 15 is 0 Å². The summed E-state index contributed by atoms with van der Waals surface area (Å²) in [4.78, 5) is 41.4. The van der Waals surface area contributed by atoms with E-state index in [1.807, 2.05) is 18.2 Å². The third-order valence-corrected chi connectivity index (χ3v) is 6.27. The van der Waals surface area contributed by atoms with Gasteiger partial charge < -0.3 is 0 Å². The number of rotatable bonds is 4. The lowest BCUT2D eigenvalue weighted by atomic mass is 9.92. The molecule has 6 nitrogen and oxygen atoms in total. The number of fused-ring (bicyclic) bond motifs is 1. The molecule has 0 saturated carbocycles. The molecule has 8 heteroatoms. The Kier molecular flexibility index (Phi) is 5.15. The molecule has 3 aromatic rings. The van der Waals surface area contributed by atoms with E-state index in [0.29, 0.717) is 22.0 Å². The van der Waals surface area contributed by atoms with Crippen LogP contribution in [0.25, 0.3) is 0 Å². The van der Waals surface area contributed by atoms with Crippen molar-refractivity contribution in [2.24, 2.45) is 11.0 Å². The summed E-state index contributed by atoms with van der Waals surface area (Å²) >= 11 is 9.31. The number of para-hydroxylation sites is 1. The Bertz CT molecular complexity index is 1260. The molecule has 1 saturated heterocycles. The molecule has 0 aromatic heterocycles. The van der Waals surface area contributed by atoms with Crippen molar-refractivity contribution in [3.05, 3.63) is 93.9 Å². The number of ketones is 1. The molecule has 158 valence electrons. The molecule has 0 unspecified atom stereocenters. The van der Waals surface area contributed by atoms with Crippen LogP contribution in [-0.2, 0) is 9.59 Å². The van der Waals surface area contributed by atoms with Crippen LogP contribution in [0.1, 0.15) is 10.4 Å². The lowest BCUT2D eigenvalue weighted by molar-refractivity contribution is -0.121. The zero-order valence-corrected chi connectivity index (χ0v) is 18.8. The van der Waals surface area contributed by atoms with Crippen molar-refractivity contribution < 1.29 is 14.4 Å². The monoisotopic (exact) mass is 507 g/mol. The fraction of sp³-hybridized carbons (Fsp3) is 0.0833.